The van der Waals surface area contributed by atoms with Crippen LogP contribution >= 0.6 is 11.8 Å². The van der Waals surface area contributed by atoms with Gasteiger partial charge in [0.25, 0.3) is 0 Å². The Morgan fingerprint density at radius 1 is 1.35 bits per heavy atom. The van der Waals surface area contributed by atoms with E-state index in [1.807, 2.05) is 17.8 Å². The standard InChI is InChI=1S/C16H33NO2S/c1-4-7-8-15(6-3)13-19-14-16(18)12-17-9-11-20-10-5-2/h5,15-18H,2,4,6-14H2,1,3H3. The Hall–Kier alpha value is -0.0300. The first kappa shape index (κ1) is 20.0. The summed E-state index contributed by atoms with van der Waals surface area (Å²) >= 11 is 1.84. The second-order valence-electron chi connectivity index (χ2n) is 5.18. The van der Waals surface area contributed by atoms with Gasteiger partial charge in [-0.15, -0.1) is 6.58 Å². The van der Waals surface area contributed by atoms with E-state index in [1.54, 1.807) is 0 Å². The van der Waals surface area contributed by atoms with Gasteiger partial charge in [0.1, 0.15) is 0 Å². The van der Waals surface area contributed by atoms with E-state index in [2.05, 4.69) is 25.7 Å². The molecular weight excluding hydrogens is 270 g/mol. The lowest BCUT2D eigenvalue weighted by molar-refractivity contribution is 0.0196. The number of aliphatic hydroxyl groups excluding tert-OH is 1. The summed E-state index contributed by atoms with van der Waals surface area (Å²) in [7, 11) is 0. The second-order valence-corrected chi connectivity index (χ2v) is 6.33. The van der Waals surface area contributed by atoms with Crippen LogP contribution in [-0.4, -0.2) is 49.0 Å². The lowest BCUT2D eigenvalue weighted by Gasteiger charge is -2.17. The zero-order chi connectivity index (χ0) is 15.1. The van der Waals surface area contributed by atoms with E-state index in [4.69, 9.17) is 4.74 Å². The highest BCUT2D eigenvalue weighted by molar-refractivity contribution is 7.99. The van der Waals surface area contributed by atoms with Gasteiger partial charge in [0, 0.05) is 31.2 Å². The SMILES string of the molecule is C=CCSCCNCC(O)COCC(CC)CCCC. The number of aliphatic hydroxyl groups is 1. The number of thioether (sulfide) groups is 1. The van der Waals surface area contributed by atoms with Crippen LogP contribution in [0.1, 0.15) is 39.5 Å². The minimum atomic E-state index is -0.400. The molecule has 0 aromatic carbocycles. The van der Waals surface area contributed by atoms with Gasteiger partial charge in [0.05, 0.1) is 12.7 Å². The molecule has 4 heteroatoms. The van der Waals surface area contributed by atoms with Gasteiger partial charge < -0.3 is 15.2 Å². The summed E-state index contributed by atoms with van der Waals surface area (Å²) in [5, 5.41) is 13.0. The van der Waals surface area contributed by atoms with E-state index < -0.39 is 6.10 Å². The molecule has 2 atom stereocenters. The summed E-state index contributed by atoms with van der Waals surface area (Å²) in [4.78, 5) is 0. The Balaban J connectivity index is 3.42. The molecule has 3 nitrogen and oxygen atoms in total. The minimum Gasteiger partial charge on any atom is -0.389 e. The summed E-state index contributed by atoms with van der Waals surface area (Å²) < 4.78 is 5.63. The zero-order valence-corrected chi connectivity index (χ0v) is 14.1. The van der Waals surface area contributed by atoms with Crippen molar-refractivity contribution in [2.24, 2.45) is 5.92 Å². The summed E-state index contributed by atoms with van der Waals surface area (Å²) in [6.45, 7) is 10.9. The van der Waals surface area contributed by atoms with Gasteiger partial charge in [-0.3, -0.25) is 0 Å². The van der Waals surface area contributed by atoms with E-state index in [9.17, 15) is 5.11 Å². The molecular formula is C16H33NO2S. The summed E-state index contributed by atoms with van der Waals surface area (Å²) in [5.41, 5.74) is 0. The Morgan fingerprint density at radius 2 is 2.15 bits per heavy atom. The van der Waals surface area contributed by atoms with Gasteiger partial charge in [-0.2, -0.15) is 11.8 Å². The van der Waals surface area contributed by atoms with Crippen LogP contribution in [0.3, 0.4) is 0 Å². The summed E-state index contributed by atoms with van der Waals surface area (Å²) in [5.74, 6) is 2.68. The molecule has 0 spiro atoms. The van der Waals surface area contributed by atoms with Crippen molar-refractivity contribution in [2.45, 2.75) is 45.6 Å². The Bertz CT molecular complexity index is 215. The van der Waals surface area contributed by atoms with Gasteiger partial charge in [-0.1, -0.05) is 39.2 Å². The van der Waals surface area contributed by atoms with Crippen molar-refractivity contribution >= 4 is 11.8 Å². The van der Waals surface area contributed by atoms with E-state index in [1.165, 1.54) is 19.3 Å². The Labute approximate surface area is 129 Å². The molecule has 0 fully saturated rings. The van der Waals surface area contributed by atoms with Crippen LogP contribution in [0.5, 0.6) is 0 Å². The maximum Gasteiger partial charge on any atom is 0.0897 e. The molecule has 20 heavy (non-hydrogen) atoms. The van der Waals surface area contributed by atoms with Crippen LogP contribution in [0.15, 0.2) is 12.7 Å². The third-order valence-electron chi connectivity index (χ3n) is 3.25. The number of hydrogen-bond donors (Lipinski definition) is 2. The van der Waals surface area contributed by atoms with Gasteiger partial charge in [-0.05, 0) is 12.3 Å². The molecule has 0 aliphatic heterocycles. The highest BCUT2D eigenvalue weighted by atomic mass is 32.2. The Kier molecular flexibility index (Phi) is 15.3. The smallest absolute Gasteiger partial charge is 0.0897 e. The predicted molar refractivity (Wildman–Crippen MR) is 90.5 cm³/mol. The molecule has 0 saturated carbocycles. The second kappa shape index (κ2) is 15.4. The highest BCUT2D eigenvalue weighted by Gasteiger charge is 2.08. The molecule has 0 saturated heterocycles. The van der Waals surface area contributed by atoms with E-state index in [-0.39, 0.29) is 0 Å². The Morgan fingerprint density at radius 3 is 2.80 bits per heavy atom. The van der Waals surface area contributed by atoms with E-state index in [0.717, 1.165) is 31.1 Å². The van der Waals surface area contributed by atoms with Gasteiger partial charge in [0.15, 0.2) is 0 Å². The van der Waals surface area contributed by atoms with Crippen molar-refractivity contribution < 1.29 is 9.84 Å². The molecule has 0 heterocycles. The lowest BCUT2D eigenvalue weighted by Crippen LogP contribution is -2.32. The summed E-state index contributed by atoms with van der Waals surface area (Å²) in [6, 6.07) is 0. The molecule has 0 rings (SSSR count). The molecule has 0 aromatic heterocycles. The first-order chi connectivity index (χ1) is 9.74. The number of ether oxygens (including phenoxy) is 1. The monoisotopic (exact) mass is 303 g/mol. The van der Waals surface area contributed by atoms with Crippen LogP contribution < -0.4 is 5.32 Å². The molecule has 0 aliphatic carbocycles. The maximum atomic E-state index is 9.80. The molecule has 0 amide bonds. The maximum absolute atomic E-state index is 9.80. The molecule has 0 radical (unpaired) electrons. The van der Waals surface area contributed by atoms with Gasteiger partial charge >= 0.3 is 0 Å². The molecule has 2 unspecified atom stereocenters. The fraction of sp³-hybridized carbons (Fsp3) is 0.875. The third-order valence-corrected chi connectivity index (χ3v) is 4.21. The number of unbranched alkanes of at least 4 members (excludes halogenated alkanes) is 1. The van der Waals surface area contributed by atoms with Gasteiger partial charge in [0.2, 0.25) is 0 Å². The van der Waals surface area contributed by atoms with Crippen molar-refractivity contribution in [3.05, 3.63) is 12.7 Å². The van der Waals surface area contributed by atoms with Crippen LogP contribution in [0.2, 0.25) is 0 Å². The minimum absolute atomic E-state index is 0.400. The lowest BCUT2D eigenvalue weighted by atomic mass is 10.0. The van der Waals surface area contributed by atoms with Crippen LogP contribution in [0.4, 0.5) is 0 Å². The first-order valence-electron chi connectivity index (χ1n) is 7.89. The topological polar surface area (TPSA) is 41.5 Å². The molecule has 120 valence electrons. The van der Waals surface area contributed by atoms with Crippen molar-refractivity contribution in [1.29, 1.82) is 0 Å². The number of nitrogens with one attached hydrogen (secondary N) is 1. The highest BCUT2D eigenvalue weighted by Crippen LogP contribution is 2.12. The molecule has 0 aromatic rings. The molecule has 2 N–H and O–H groups in total. The molecule has 0 bridgehead atoms. The summed E-state index contributed by atoms with van der Waals surface area (Å²) in [6.07, 6.45) is 6.43. The zero-order valence-electron chi connectivity index (χ0n) is 13.3. The largest absolute Gasteiger partial charge is 0.389 e. The average Bonchev–Trinajstić information content (AvgIpc) is 2.46. The van der Waals surface area contributed by atoms with Crippen molar-refractivity contribution in [3.8, 4) is 0 Å². The van der Waals surface area contributed by atoms with E-state index >= 15 is 0 Å². The normalized spacial score (nSPS) is 14.2. The number of rotatable bonds is 15. The van der Waals surface area contributed by atoms with Crippen LogP contribution in [0, 0.1) is 5.92 Å². The van der Waals surface area contributed by atoms with Crippen LogP contribution in [-0.2, 0) is 4.74 Å². The van der Waals surface area contributed by atoms with Crippen molar-refractivity contribution in [1.82, 2.24) is 5.32 Å². The van der Waals surface area contributed by atoms with Crippen molar-refractivity contribution in [2.75, 3.05) is 37.8 Å². The fourth-order valence-corrected chi connectivity index (χ4v) is 2.53. The third kappa shape index (κ3) is 13.0. The fourth-order valence-electron chi connectivity index (χ4n) is 1.91. The number of hydrogen-bond acceptors (Lipinski definition) is 4. The predicted octanol–water partition coefficient (Wildman–Crippen LogP) is 3.09. The van der Waals surface area contributed by atoms with Crippen molar-refractivity contribution in [3.63, 3.8) is 0 Å². The first-order valence-corrected chi connectivity index (χ1v) is 9.05. The van der Waals surface area contributed by atoms with Gasteiger partial charge in [-0.25, -0.2) is 0 Å². The molecule has 0 aliphatic rings. The van der Waals surface area contributed by atoms with E-state index in [0.29, 0.717) is 19.1 Å². The quantitative estimate of drug-likeness (QED) is 0.360. The van der Waals surface area contributed by atoms with Crippen LogP contribution in [0.25, 0.3) is 0 Å². The average molecular weight is 304 g/mol.